The average molecular weight is 288 g/mol. The minimum absolute atomic E-state index is 0.261. The zero-order valence-electron chi connectivity index (χ0n) is 7.85. The Labute approximate surface area is 101 Å². The Balaban J connectivity index is 2.75. The number of thioether (sulfide) groups is 1. The molecule has 0 aliphatic heterocycles. The maximum Gasteiger partial charge on any atom is 0.100 e. The topological polar surface area (TPSA) is 64.2 Å². The first-order valence-corrected chi connectivity index (χ1v) is 6.06. The van der Waals surface area contributed by atoms with Gasteiger partial charge in [-0.3, -0.25) is 0 Å². The predicted octanol–water partition coefficient (Wildman–Crippen LogP) is 1.77. The second kappa shape index (κ2) is 6.13. The second-order valence-electron chi connectivity index (χ2n) is 2.90. The van der Waals surface area contributed by atoms with Gasteiger partial charge < -0.3 is 10.2 Å². The number of rotatable bonds is 4. The Bertz CT molecular complexity index is 378. The van der Waals surface area contributed by atoms with E-state index in [0.29, 0.717) is 11.3 Å². The van der Waals surface area contributed by atoms with Crippen molar-refractivity contribution in [3.8, 4) is 6.07 Å². The molecule has 1 aromatic carbocycles. The highest BCUT2D eigenvalue weighted by molar-refractivity contribution is 9.10. The summed E-state index contributed by atoms with van der Waals surface area (Å²) in [7, 11) is 0. The van der Waals surface area contributed by atoms with Gasteiger partial charge >= 0.3 is 0 Å². The van der Waals surface area contributed by atoms with Crippen molar-refractivity contribution in [2.45, 2.75) is 11.0 Å². The largest absolute Gasteiger partial charge is 0.394 e. The van der Waals surface area contributed by atoms with Gasteiger partial charge in [-0.2, -0.15) is 5.26 Å². The molecule has 1 unspecified atom stereocenters. The van der Waals surface area contributed by atoms with Crippen molar-refractivity contribution >= 4 is 27.7 Å². The Morgan fingerprint density at radius 3 is 2.87 bits per heavy atom. The van der Waals surface area contributed by atoms with Gasteiger partial charge in [-0.05, 0) is 18.2 Å². The van der Waals surface area contributed by atoms with E-state index in [0.717, 1.165) is 9.37 Å². The first-order valence-electron chi connectivity index (χ1n) is 4.28. The van der Waals surface area contributed by atoms with Crippen molar-refractivity contribution in [1.82, 2.24) is 0 Å². The quantitative estimate of drug-likeness (QED) is 0.829. The Hall–Kier alpha value is -0.540. The Kier molecular flexibility index (Phi) is 5.12. The van der Waals surface area contributed by atoms with E-state index in [-0.39, 0.29) is 6.61 Å². The lowest BCUT2D eigenvalue weighted by Crippen LogP contribution is -2.14. The molecule has 1 atom stereocenters. The van der Waals surface area contributed by atoms with Gasteiger partial charge in [0.2, 0.25) is 0 Å². The van der Waals surface area contributed by atoms with Crippen LogP contribution in [0, 0.1) is 11.3 Å². The van der Waals surface area contributed by atoms with E-state index in [4.69, 9.17) is 10.4 Å². The molecule has 2 N–H and O–H groups in total. The van der Waals surface area contributed by atoms with Gasteiger partial charge in [-0.25, -0.2) is 0 Å². The fourth-order valence-corrected chi connectivity index (χ4v) is 2.42. The van der Waals surface area contributed by atoms with Crippen LogP contribution in [0.3, 0.4) is 0 Å². The molecule has 0 bridgehead atoms. The lowest BCUT2D eigenvalue weighted by Gasteiger charge is -2.07. The fourth-order valence-electron chi connectivity index (χ4n) is 0.947. The van der Waals surface area contributed by atoms with Crippen molar-refractivity contribution in [2.24, 2.45) is 0 Å². The van der Waals surface area contributed by atoms with Crippen molar-refractivity contribution in [3.05, 3.63) is 28.2 Å². The van der Waals surface area contributed by atoms with Crippen molar-refractivity contribution in [3.63, 3.8) is 0 Å². The van der Waals surface area contributed by atoms with Crippen LogP contribution in [-0.2, 0) is 0 Å². The number of halogens is 1. The smallest absolute Gasteiger partial charge is 0.100 e. The summed E-state index contributed by atoms with van der Waals surface area (Å²) in [5.74, 6) is 0.377. The van der Waals surface area contributed by atoms with E-state index in [2.05, 4.69) is 22.0 Å². The number of benzene rings is 1. The molecular weight excluding hydrogens is 278 g/mol. The molecule has 3 nitrogen and oxygen atoms in total. The summed E-state index contributed by atoms with van der Waals surface area (Å²) >= 11 is 4.67. The molecule has 0 spiro atoms. The maximum absolute atomic E-state index is 9.19. The summed E-state index contributed by atoms with van der Waals surface area (Å²) < 4.78 is 0.891. The maximum atomic E-state index is 9.19. The standard InChI is InChI=1S/C10H10BrNO2S/c11-8-2-1-7(4-12)10(3-8)15-6-9(14)5-13/h1-3,9,13-14H,5-6H2. The molecule has 80 valence electrons. The zero-order chi connectivity index (χ0) is 11.3. The number of nitrogens with zero attached hydrogens (tertiary/aromatic N) is 1. The van der Waals surface area contributed by atoms with Crippen molar-refractivity contribution in [1.29, 1.82) is 5.26 Å². The summed E-state index contributed by atoms with van der Waals surface area (Å²) in [5, 5.41) is 26.7. The van der Waals surface area contributed by atoms with Crippen LogP contribution < -0.4 is 0 Å². The molecule has 15 heavy (non-hydrogen) atoms. The molecule has 0 aliphatic carbocycles. The molecule has 0 radical (unpaired) electrons. The molecule has 5 heteroatoms. The molecule has 0 amide bonds. The van der Waals surface area contributed by atoms with Crippen molar-refractivity contribution in [2.75, 3.05) is 12.4 Å². The molecule has 0 saturated heterocycles. The van der Waals surface area contributed by atoms with E-state index in [1.54, 1.807) is 12.1 Å². The number of nitriles is 1. The Morgan fingerprint density at radius 1 is 1.53 bits per heavy atom. The third kappa shape index (κ3) is 3.84. The molecule has 1 rings (SSSR count). The SMILES string of the molecule is N#Cc1ccc(Br)cc1SCC(O)CO. The first kappa shape index (κ1) is 12.5. The van der Waals surface area contributed by atoms with Gasteiger partial charge in [-0.15, -0.1) is 11.8 Å². The lowest BCUT2D eigenvalue weighted by molar-refractivity contribution is 0.113. The van der Waals surface area contributed by atoms with Crippen LogP contribution in [0.4, 0.5) is 0 Å². The van der Waals surface area contributed by atoms with Crippen LogP contribution in [0.1, 0.15) is 5.56 Å². The molecular formula is C10H10BrNO2S. The Morgan fingerprint density at radius 2 is 2.27 bits per heavy atom. The van der Waals surface area contributed by atoms with Crippen molar-refractivity contribution < 1.29 is 10.2 Å². The minimum atomic E-state index is -0.750. The third-order valence-corrected chi connectivity index (χ3v) is 3.40. The van der Waals surface area contributed by atoms with E-state index in [9.17, 15) is 5.11 Å². The van der Waals surface area contributed by atoms with E-state index < -0.39 is 6.10 Å². The fraction of sp³-hybridized carbons (Fsp3) is 0.300. The zero-order valence-corrected chi connectivity index (χ0v) is 10.3. The molecule has 0 saturated carbocycles. The van der Waals surface area contributed by atoms with Crippen LogP contribution in [0.2, 0.25) is 0 Å². The normalized spacial score (nSPS) is 12.1. The highest BCUT2D eigenvalue weighted by Gasteiger charge is 2.07. The van der Waals surface area contributed by atoms with Crippen LogP contribution >= 0.6 is 27.7 Å². The number of hydrogen-bond donors (Lipinski definition) is 2. The van der Waals surface area contributed by atoms with Gasteiger partial charge in [-0.1, -0.05) is 15.9 Å². The third-order valence-electron chi connectivity index (χ3n) is 1.71. The summed E-state index contributed by atoms with van der Waals surface area (Å²) in [4.78, 5) is 0.805. The average Bonchev–Trinajstić information content (AvgIpc) is 2.26. The number of aliphatic hydroxyl groups excluding tert-OH is 2. The molecule has 0 aromatic heterocycles. The van der Waals surface area contributed by atoms with Crippen LogP contribution in [0.15, 0.2) is 27.6 Å². The van der Waals surface area contributed by atoms with Crippen LogP contribution in [0.25, 0.3) is 0 Å². The molecule has 0 heterocycles. The number of hydrogen-bond acceptors (Lipinski definition) is 4. The molecule has 1 aromatic rings. The summed E-state index contributed by atoms with van der Waals surface area (Å²) in [6.45, 7) is -0.261. The van der Waals surface area contributed by atoms with Crippen LogP contribution in [0.5, 0.6) is 0 Å². The van der Waals surface area contributed by atoms with Gasteiger partial charge in [0.1, 0.15) is 6.07 Å². The lowest BCUT2D eigenvalue weighted by atomic mass is 10.2. The summed E-state index contributed by atoms with van der Waals surface area (Å²) in [5.41, 5.74) is 0.577. The van der Waals surface area contributed by atoms with E-state index >= 15 is 0 Å². The first-order chi connectivity index (χ1) is 7.17. The highest BCUT2D eigenvalue weighted by Crippen LogP contribution is 2.26. The monoisotopic (exact) mass is 287 g/mol. The van der Waals surface area contributed by atoms with Gasteiger partial charge in [0.25, 0.3) is 0 Å². The number of aliphatic hydroxyl groups is 2. The van der Waals surface area contributed by atoms with Gasteiger partial charge in [0.15, 0.2) is 0 Å². The molecule has 0 aliphatic rings. The molecule has 0 fully saturated rings. The van der Waals surface area contributed by atoms with E-state index in [1.165, 1.54) is 11.8 Å². The second-order valence-corrected chi connectivity index (χ2v) is 4.88. The van der Waals surface area contributed by atoms with Gasteiger partial charge in [0.05, 0.1) is 18.3 Å². The predicted molar refractivity (Wildman–Crippen MR) is 62.7 cm³/mol. The summed E-state index contributed by atoms with van der Waals surface area (Å²) in [6, 6.07) is 7.42. The van der Waals surface area contributed by atoms with Gasteiger partial charge in [0, 0.05) is 15.1 Å². The highest BCUT2D eigenvalue weighted by atomic mass is 79.9. The van der Waals surface area contributed by atoms with Crippen LogP contribution in [-0.4, -0.2) is 28.7 Å². The van der Waals surface area contributed by atoms with E-state index in [1.807, 2.05) is 6.07 Å². The summed E-state index contributed by atoms with van der Waals surface area (Å²) in [6.07, 6.45) is -0.750. The minimum Gasteiger partial charge on any atom is -0.394 e.